The van der Waals surface area contributed by atoms with Gasteiger partial charge in [0.15, 0.2) is 24.6 Å². The van der Waals surface area contributed by atoms with Crippen LogP contribution in [0.3, 0.4) is 0 Å². The lowest BCUT2D eigenvalue weighted by Gasteiger charge is -2.44. The molecule has 0 bridgehead atoms. The third kappa shape index (κ3) is 11.1. The number of carbonyl (C=O) groups is 4. The van der Waals surface area contributed by atoms with Gasteiger partial charge in [-0.3, -0.25) is 14.3 Å². The molecule has 21 nitrogen and oxygen atoms in total. The topological polar surface area (TPSA) is 265 Å². The number of esters is 4. The van der Waals surface area contributed by atoms with Crippen molar-refractivity contribution < 1.29 is 81.5 Å². The lowest BCUT2D eigenvalue weighted by molar-refractivity contribution is -0.312. The van der Waals surface area contributed by atoms with Gasteiger partial charge >= 0.3 is 29.6 Å². The normalized spacial score (nSPS) is 26.6. The fraction of sp³-hybridized carbons (Fsp3) is 0.714. The molecule has 0 spiro atoms. The van der Waals surface area contributed by atoms with E-state index in [1.165, 1.54) is 28.4 Å². The Labute approximate surface area is 278 Å². The van der Waals surface area contributed by atoms with E-state index in [1.807, 2.05) is 0 Å². The molecule has 8 atom stereocenters. The second-order valence-electron chi connectivity index (χ2n) is 10.6. The molecule has 0 amide bonds. The first-order valence-corrected chi connectivity index (χ1v) is 14.7. The summed E-state index contributed by atoms with van der Waals surface area (Å²) in [6, 6.07) is 0. The predicted molar refractivity (Wildman–Crippen MR) is 154 cm³/mol. The number of aromatic nitrogens is 2. The van der Waals surface area contributed by atoms with Crippen LogP contribution in [0.4, 0.5) is 0 Å². The Kier molecular flexibility index (Phi) is 15.7. The summed E-state index contributed by atoms with van der Waals surface area (Å²) in [5.74, 6) is -3.79. The molecule has 49 heavy (non-hydrogen) atoms. The van der Waals surface area contributed by atoms with E-state index < -0.39 is 131 Å². The number of nitrogens with zero attached hydrogens (tertiary/aromatic N) is 1. The minimum absolute atomic E-state index is 0.0814. The van der Waals surface area contributed by atoms with Crippen molar-refractivity contribution in [2.45, 2.75) is 62.2 Å². The number of carbonyl (C=O) groups excluding carboxylic acids is 4. The van der Waals surface area contributed by atoms with Crippen molar-refractivity contribution in [1.29, 1.82) is 0 Å². The zero-order valence-electron chi connectivity index (χ0n) is 27.1. The minimum atomic E-state index is -1.72. The Morgan fingerprint density at radius 3 is 1.92 bits per heavy atom. The van der Waals surface area contributed by atoms with Crippen LogP contribution in [0.1, 0.15) is 18.2 Å². The standard InChI is InChI=1S/C28H40N2O19/c1-39-10-19(33)43-9-17-23(47-20(34)11-40-2)24(48-21(35)12-41-3)25(49-22(36)13-42-4)27(46-17)44-8-14-6-30(28(38)29-26(14)37)18-5-15(32)16(7-31)45-18/h6,15-18,23-25,27,31-32H,5,7-13H2,1-4H3,(H,29,37,38)/t15-,16+,17+,18+,23+,24-,25+,27+/m0/s1. The Morgan fingerprint density at radius 2 is 1.37 bits per heavy atom. The molecule has 1 aromatic heterocycles. The van der Waals surface area contributed by atoms with Gasteiger partial charge in [0.2, 0.25) is 0 Å². The molecule has 3 rings (SSSR count). The highest BCUT2D eigenvalue weighted by molar-refractivity contribution is 5.73. The van der Waals surface area contributed by atoms with E-state index in [-0.39, 0.29) is 12.0 Å². The minimum Gasteiger partial charge on any atom is -0.461 e. The summed E-state index contributed by atoms with van der Waals surface area (Å²) >= 11 is 0. The summed E-state index contributed by atoms with van der Waals surface area (Å²) in [5, 5.41) is 19.5. The number of hydrogen-bond donors (Lipinski definition) is 3. The van der Waals surface area contributed by atoms with Crippen molar-refractivity contribution >= 4 is 23.9 Å². The van der Waals surface area contributed by atoms with Crippen molar-refractivity contribution in [3.05, 3.63) is 32.6 Å². The van der Waals surface area contributed by atoms with E-state index in [1.54, 1.807) is 0 Å². The number of aliphatic hydroxyl groups is 2. The molecule has 2 fully saturated rings. The first-order chi connectivity index (χ1) is 23.4. The van der Waals surface area contributed by atoms with Crippen LogP contribution in [0.5, 0.6) is 0 Å². The Morgan fingerprint density at radius 1 is 0.816 bits per heavy atom. The zero-order chi connectivity index (χ0) is 36.1. The van der Waals surface area contributed by atoms with Gasteiger partial charge in [-0.05, 0) is 0 Å². The highest BCUT2D eigenvalue weighted by Gasteiger charge is 2.53. The molecule has 0 aromatic carbocycles. The molecule has 0 radical (unpaired) electrons. The van der Waals surface area contributed by atoms with Crippen LogP contribution < -0.4 is 11.2 Å². The zero-order valence-corrected chi connectivity index (χ0v) is 27.1. The second-order valence-corrected chi connectivity index (χ2v) is 10.6. The smallest absolute Gasteiger partial charge is 0.332 e. The van der Waals surface area contributed by atoms with E-state index in [9.17, 15) is 39.0 Å². The number of rotatable bonds is 18. The Balaban J connectivity index is 2.01. The molecular weight excluding hydrogens is 668 g/mol. The molecule has 0 unspecified atom stereocenters. The first-order valence-electron chi connectivity index (χ1n) is 14.7. The fourth-order valence-corrected chi connectivity index (χ4v) is 4.86. The van der Waals surface area contributed by atoms with Crippen molar-refractivity contribution in [1.82, 2.24) is 9.55 Å². The van der Waals surface area contributed by atoms with Crippen LogP contribution in [-0.2, 0) is 77.9 Å². The summed E-state index contributed by atoms with van der Waals surface area (Å²) < 4.78 is 59.3. The first kappa shape index (κ1) is 39.6. The molecule has 0 saturated carbocycles. The van der Waals surface area contributed by atoms with Gasteiger partial charge in [-0.1, -0.05) is 0 Å². The van der Waals surface area contributed by atoms with Gasteiger partial charge in [-0.15, -0.1) is 0 Å². The maximum Gasteiger partial charge on any atom is 0.332 e. The van der Waals surface area contributed by atoms with Gasteiger partial charge < -0.3 is 62.3 Å². The Bertz CT molecular complexity index is 1380. The quantitative estimate of drug-likeness (QED) is 0.0978. The second kappa shape index (κ2) is 19.4. The summed E-state index contributed by atoms with van der Waals surface area (Å²) in [6.07, 6.45) is -10.3. The number of aromatic amines is 1. The van der Waals surface area contributed by atoms with Crippen molar-refractivity contribution in [3.8, 4) is 0 Å². The van der Waals surface area contributed by atoms with Crippen LogP contribution in [0.2, 0.25) is 0 Å². The van der Waals surface area contributed by atoms with Crippen LogP contribution in [0, 0.1) is 0 Å². The third-order valence-electron chi connectivity index (χ3n) is 6.99. The largest absolute Gasteiger partial charge is 0.461 e. The average Bonchev–Trinajstić information content (AvgIpc) is 3.42. The van der Waals surface area contributed by atoms with Gasteiger partial charge in [-0.2, -0.15) is 0 Å². The van der Waals surface area contributed by atoms with E-state index >= 15 is 0 Å². The highest BCUT2D eigenvalue weighted by atomic mass is 16.7. The summed E-state index contributed by atoms with van der Waals surface area (Å²) in [5.41, 5.74) is -1.95. The maximum absolute atomic E-state index is 12.8. The van der Waals surface area contributed by atoms with Crippen molar-refractivity contribution in [2.24, 2.45) is 0 Å². The number of hydrogen-bond acceptors (Lipinski definition) is 19. The molecule has 3 N–H and O–H groups in total. The maximum atomic E-state index is 12.8. The van der Waals surface area contributed by atoms with Gasteiger partial charge in [0.1, 0.15) is 51.5 Å². The predicted octanol–water partition coefficient (Wildman–Crippen LogP) is -3.72. The van der Waals surface area contributed by atoms with E-state index in [0.29, 0.717) is 0 Å². The van der Waals surface area contributed by atoms with Gasteiger partial charge in [0.25, 0.3) is 5.56 Å². The average molecular weight is 709 g/mol. The lowest BCUT2D eigenvalue weighted by Crippen LogP contribution is -2.63. The lowest BCUT2D eigenvalue weighted by atomic mass is 9.98. The summed E-state index contributed by atoms with van der Waals surface area (Å²) in [7, 11) is 4.88. The Hall–Kier alpha value is -3.80. The molecule has 1 aromatic rings. The summed E-state index contributed by atoms with van der Waals surface area (Å²) in [4.78, 5) is 77.6. The fourth-order valence-electron chi connectivity index (χ4n) is 4.86. The molecule has 276 valence electrons. The van der Waals surface area contributed by atoms with Crippen molar-refractivity contribution in [3.63, 3.8) is 0 Å². The molecular formula is C28H40N2O19. The number of aliphatic hydroxyl groups excluding tert-OH is 2. The molecule has 0 aliphatic carbocycles. The number of nitrogens with one attached hydrogen (secondary N) is 1. The van der Waals surface area contributed by atoms with E-state index in [4.69, 9.17) is 52.1 Å². The molecule has 2 aliphatic rings. The van der Waals surface area contributed by atoms with Gasteiger partial charge in [0, 0.05) is 41.1 Å². The number of ether oxygens (including phenoxy) is 11. The van der Waals surface area contributed by atoms with Gasteiger partial charge in [0.05, 0.1) is 24.9 Å². The monoisotopic (exact) mass is 708 g/mol. The summed E-state index contributed by atoms with van der Waals surface area (Å²) in [6.45, 7) is -3.96. The van der Waals surface area contributed by atoms with Crippen LogP contribution in [-0.4, -0.2) is 155 Å². The van der Waals surface area contributed by atoms with E-state index in [0.717, 1.165) is 10.8 Å². The van der Waals surface area contributed by atoms with Crippen LogP contribution in [0.15, 0.2) is 15.8 Å². The van der Waals surface area contributed by atoms with Crippen molar-refractivity contribution in [2.75, 3.05) is 68.1 Å². The third-order valence-corrected chi connectivity index (χ3v) is 6.99. The highest BCUT2D eigenvalue weighted by Crippen LogP contribution is 2.31. The van der Waals surface area contributed by atoms with Crippen LogP contribution >= 0.6 is 0 Å². The SMILES string of the molecule is COCC(=O)OC[C@H]1O[C@@H](OCc2cn([C@H]3C[C@H](O)[C@@H](CO)O3)c(=O)[nH]c2=O)[C@H](OC(=O)COC)[C@@H](OC(=O)COC)[C@@H]1OC(=O)COC. The van der Waals surface area contributed by atoms with Gasteiger partial charge in [-0.25, -0.2) is 24.0 Å². The van der Waals surface area contributed by atoms with E-state index in [2.05, 4.69) is 4.98 Å². The molecule has 3 heterocycles. The molecule has 2 aliphatic heterocycles. The van der Waals surface area contributed by atoms with Crippen LogP contribution in [0.25, 0.3) is 0 Å². The number of H-pyrrole nitrogens is 1. The number of methoxy groups -OCH3 is 4. The molecule has 21 heteroatoms. The molecule has 2 saturated heterocycles.